The van der Waals surface area contributed by atoms with Gasteiger partial charge in [0.15, 0.2) is 6.29 Å². The molecule has 1 heterocycles. The van der Waals surface area contributed by atoms with Crippen LogP contribution in [0, 0.1) is 0 Å². The van der Waals surface area contributed by atoms with Gasteiger partial charge in [-0.3, -0.25) is 42.6 Å². The van der Waals surface area contributed by atoms with Crippen LogP contribution in [-0.4, -0.2) is 164 Å². The lowest BCUT2D eigenvalue weighted by atomic mass is 9.96. The van der Waals surface area contributed by atoms with Crippen molar-refractivity contribution in [2.45, 2.75) is 345 Å². The zero-order valence-corrected chi connectivity index (χ0v) is 74.1. The van der Waals surface area contributed by atoms with Crippen molar-refractivity contribution in [3.05, 3.63) is 128 Å². The van der Waals surface area contributed by atoms with Crippen LogP contribution in [0.5, 0.6) is 0 Å². The van der Waals surface area contributed by atoms with Crippen molar-refractivity contribution < 1.29 is 101 Å². The van der Waals surface area contributed by atoms with E-state index in [0.29, 0.717) is 25.7 Å². The maximum absolute atomic E-state index is 13.5. The Kier molecular flexibility index (Phi) is 54.2. The second-order valence-electron chi connectivity index (χ2n) is 31.1. The molecule has 0 radical (unpaired) electrons. The van der Waals surface area contributed by atoms with Crippen molar-refractivity contribution in [2.75, 3.05) is 19.8 Å². The number of ether oxygens (including phenoxy) is 2. The minimum atomic E-state index is -5.74. The molecule has 14 N–H and O–H groups in total. The third-order valence-corrected chi connectivity index (χ3v) is 22.1. The number of aliphatic hydroxyl groups is 2. The number of phosphoric acid groups is 2. The number of phosphoric ester groups is 2. The SMILES string of the molecule is CC(=O)N[C@H]1[C@@H](OP(=O)(O)OP(=O)(O)OC/C=C(\C)CC/C=C(\C)CC/C=C(\C)CC/C=C(\C)CC/C=C(\C)CC/C=C(\C)CC/C=C(\C)CC/C=C(\C)CC/C=C(\C)CC/C=C(\C)CCC=C(C)C)O[C@H](CO)[C@@H](O)[C@@H]1O[C@H](C)C(=O)N[C@@H](C)C(=O)N[C@H](CCC(=O)N[C@@H](CCCCN)C(=O)N[C@H](C)C(=O)N[C@H](C)C(=O)O)C(=O)O. The molecule has 658 valence electrons. The molecule has 1 aliphatic rings. The molecule has 6 amide bonds. The molecule has 0 aromatic rings. The van der Waals surface area contributed by atoms with Gasteiger partial charge < -0.3 is 77.3 Å². The lowest BCUT2D eigenvalue weighted by molar-refractivity contribution is -0.261. The number of nitrogens with two attached hydrogens (primary N) is 1. The van der Waals surface area contributed by atoms with Gasteiger partial charge in [0.05, 0.1) is 13.2 Å². The number of aliphatic hydroxyl groups excluding tert-OH is 2. The predicted octanol–water partition coefficient (Wildman–Crippen LogP) is 14.4. The summed E-state index contributed by atoms with van der Waals surface area (Å²) < 4.78 is 52.4. The van der Waals surface area contributed by atoms with E-state index in [1.165, 1.54) is 75.7 Å². The number of hydrogen-bond donors (Lipinski definition) is 13. The third-order valence-electron chi connectivity index (χ3n) is 19.5. The van der Waals surface area contributed by atoms with Crippen molar-refractivity contribution in [1.82, 2.24) is 31.9 Å². The Balaban J connectivity index is 2.69. The Morgan fingerprint density at radius 2 is 0.819 bits per heavy atom. The molecule has 0 bridgehead atoms. The molecule has 1 saturated heterocycles. The number of amides is 6. The first-order chi connectivity index (χ1) is 54.5. The first kappa shape index (κ1) is 107. The standard InChI is InChI=1S/C86H143N7O21P2/c1-57(2)30-20-31-58(3)32-21-33-59(4)34-22-35-60(5)36-23-37-61(6)38-24-39-62(7)40-25-41-63(8)42-26-43-64(9)44-27-45-65(10)46-28-47-66(11)48-29-49-67(12)53-55-110-115(106,107)114-116(108,109)113-86-77(91-72(17)95)79(78(97)75(56-94)112-86)111-71(16)82(100)88-69(14)81(99)93-74(85(104)105)51-52-76(96)92-73(50-18-19-54-87)83(101)89-68(13)80(98)90-70(15)84(102)103/h30,32,34,36,38,40,42,44,46,48,53,68-71,73-75,77-79,86,94,97H,18-29,31,33,35,37,39,41,43,45,47,49-52,54-56,87H2,1-17H3,(H,88,100)(H,89,101)(H,90,98)(H,91,95)(H,92,96)(H,93,99)(H,102,103)(H,104,105)(H,106,107)(H,108,109)/b58-32+,59-34+,60-36+,61-38+,62-40+,63-42+,64-44+,65-46+,66-48+,67-53+/t68-,69+,70-,71-,73+,74-,75-,77-,78-,79-,86-/m1/s1. The maximum Gasteiger partial charge on any atom is 0.483 e. The molecule has 0 spiro atoms. The van der Waals surface area contributed by atoms with E-state index in [1.54, 1.807) is 6.92 Å². The van der Waals surface area contributed by atoms with Gasteiger partial charge in [0.1, 0.15) is 60.7 Å². The van der Waals surface area contributed by atoms with Gasteiger partial charge in [-0.1, -0.05) is 128 Å². The summed E-state index contributed by atoms with van der Waals surface area (Å²) in [6, 6.07) is -8.76. The number of carboxylic acids is 2. The summed E-state index contributed by atoms with van der Waals surface area (Å²) in [5, 5.41) is 54.4. The van der Waals surface area contributed by atoms with E-state index in [2.05, 4.69) is 173 Å². The number of unbranched alkanes of at least 4 members (excludes halogenated alkanes) is 1. The van der Waals surface area contributed by atoms with Crippen LogP contribution in [0.25, 0.3) is 0 Å². The van der Waals surface area contributed by atoms with Gasteiger partial charge in [-0.05, 0) is 271 Å². The molecule has 1 aliphatic heterocycles. The number of hydrogen-bond acceptors (Lipinski definition) is 18. The smallest absolute Gasteiger partial charge is 0.480 e. The van der Waals surface area contributed by atoms with Gasteiger partial charge in [-0.2, -0.15) is 4.31 Å². The van der Waals surface area contributed by atoms with Crippen LogP contribution >= 0.6 is 15.6 Å². The number of nitrogens with one attached hydrogen (secondary N) is 6. The number of rotatable bonds is 59. The fourth-order valence-electron chi connectivity index (χ4n) is 12.1. The summed E-state index contributed by atoms with van der Waals surface area (Å²) in [5.74, 6) is -8.33. The summed E-state index contributed by atoms with van der Waals surface area (Å²) >= 11 is 0. The highest BCUT2D eigenvalue weighted by molar-refractivity contribution is 7.61. The van der Waals surface area contributed by atoms with E-state index in [4.69, 9.17) is 29.4 Å². The number of aliphatic carboxylic acids is 2. The van der Waals surface area contributed by atoms with E-state index < -0.39 is 156 Å². The molecule has 0 aromatic carbocycles. The predicted molar refractivity (Wildman–Crippen MR) is 455 cm³/mol. The van der Waals surface area contributed by atoms with Crippen LogP contribution < -0.4 is 37.6 Å². The van der Waals surface area contributed by atoms with E-state index in [1.807, 2.05) is 0 Å². The molecule has 30 heteroatoms. The molecule has 2 unspecified atom stereocenters. The second kappa shape index (κ2) is 58.8. The van der Waals surface area contributed by atoms with E-state index >= 15 is 0 Å². The zero-order chi connectivity index (χ0) is 87.7. The summed E-state index contributed by atoms with van der Waals surface area (Å²) in [6.07, 6.45) is 35.9. The molecule has 0 aromatic heterocycles. The lowest BCUT2D eigenvalue weighted by Gasteiger charge is -2.44. The van der Waals surface area contributed by atoms with Gasteiger partial charge in [-0.15, -0.1) is 0 Å². The highest BCUT2D eigenvalue weighted by Crippen LogP contribution is 2.61. The van der Waals surface area contributed by atoms with Gasteiger partial charge >= 0.3 is 27.6 Å². The number of carboxylic acid groups (broad SMARTS) is 2. The first-order valence-electron chi connectivity index (χ1n) is 40.9. The Labute approximate surface area is 691 Å². The van der Waals surface area contributed by atoms with Gasteiger partial charge in [0, 0.05) is 13.3 Å². The number of carbonyl (C=O) groups is 8. The van der Waals surface area contributed by atoms with Crippen molar-refractivity contribution in [3.8, 4) is 0 Å². The molecular formula is C86H143N7O21P2. The van der Waals surface area contributed by atoms with Crippen molar-refractivity contribution in [3.63, 3.8) is 0 Å². The van der Waals surface area contributed by atoms with Crippen LogP contribution in [0.2, 0.25) is 0 Å². The minimum absolute atomic E-state index is 0.0562. The molecule has 28 nitrogen and oxygen atoms in total. The fraction of sp³-hybridized carbons (Fsp3) is 0.651. The Morgan fingerprint density at radius 3 is 1.18 bits per heavy atom. The van der Waals surface area contributed by atoms with Crippen LogP contribution in [0.3, 0.4) is 0 Å². The van der Waals surface area contributed by atoms with Gasteiger partial charge in [-0.25, -0.2) is 13.9 Å². The highest BCUT2D eigenvalue weighted by Gasteiger charge is 2.51. The minimum Gasteiger partial charge on any atom is -0.480 e. The van der Waals surface area contributed by atoms with E-state index in [9.17, 15) is 72.6 Å². The van der Waals surface area contributed by atoms with Gasteiger partial charge in [0.2, 0.25) is 35.4 Å². The van der Waals surface area contributed by atoms with Crippen molar-refractivity contribution >= 4 is 63.0 Å². The summed E-state index contributed by atoms with van der Waals surface area (Å²) in [6.45, 7) is 30.6. The highest BCUT2D eigenvalue weighted by atomic mass is 31.3. The quantitative estimate of drug-likeness (QED) is 0.0153. The molecule has 1 fully saturated rings. The summed E-state index contributed by atoms with van der Waals surface area (Å²) in [7, 11) is -11.1. The Morgan fingerprint density at radius 1 is 0.448 bits per heavy atom. The Hall–Kier alpha value is -7.04. The Bertz CT molecular complexity index is 3590. The maximum atomic E-state index is 13.5. The normalized spacial score (nSPS) is 19.8. The van der Waals surface area contributed by atoms with Crippen LogP contribution in [0.15, 0.2) is 128 Å². The summed E-state index contributed by atoms with van der Waals surface area (Å²) in [4.78, 5) is 123. The van der Waals surface area contributed by atoms with E-state index in [-0.39, 0.29) is 13.0 Å². The second-order valence-corrected chi connectivity index (χ2v) is 34.1. The molecule has 0 aliphatic carbocycles. The van der Waals surface area contributed by atoms with Gasteiger partial charge in [0.25, 0.3) is 0 Å². The monoisotopic (exact) mass is 1670 g/mol. The zero-order valence-electron chi connectivity index (χ0n) is 72.3. The van der Waals surface area contributed by atoms with Crippen molar-refractivity contribution in [2.24, 2.45) is 5.73 Å². The van der Waals surface area contributed by atoms with Crippen LogP contribution in [0.4, 0.5) is 0 Å². The largest absolute Gasteiger partial charge is 0.483 e. The molecular weight excluding hydrogens is 1530 g/mol. The average molecular weight is 1670 g/mol. The average Bonchev–Trinajstić information content (AvgIpc) is 0.782. The fourth-order valence-corrected chi connectivity index (χ4v) is 14.2. The third kappa shape index (κ3) is 50.0. The molecule has 116 heavy (non-hydrogen) atoms. The first-order valence-corrected chi connectivity index (χ1v) is 43.9. The van der Waals surface area contributed by atoms with E-state index in [0.717, 1.165) is 142 Å². The lowest BCUT2D eigenvalue weighted by Crippen LogP contribution is -2.66. The summed E-state index contributed by atoms with van der Waals surface area (Å²) in [5.41, 5.74) is 20.5. The van der Waals surface area contributed by atoms with Crippen LogP contribution in [-0.2, 0) is 70.3 Å². The molecule has 13 atom stereocenters. The number of allylic oxidation sites excluding steroid dienone is 21. The molecule has 1 rings (SSSR count). The topological polar surface area (TPSA) is 436 Å². The van der Waals surface area contributed by atoms with Crippen LogP contribution in [0.1, 0.15) is 278 Å². The van der Waals surface area contributed by atoms with Crippen molar-refractivity contribution in [1.29, 1.82) is 0 Å². The number of carbonyl (C=O) groups excluding carboxylic acids is 6. The molecule has 0 saturated carbocycles.